The van der Waals surface area contributed by atoms with E-state index in [1.807, 2.05) is 6.07 Å². The summed E-state index contributed by atoms with van der Waals surface area (Å²) in [5, 5.41) is 0. The molecule has 1 atom stereocenters. The zero-order valence-corrected chi connectivity index (χ0v) is 17.2. The third-order valence-electron chi connectivity index (χ3n) is 4.97. The Morgan fingerprint density at radius 1 is 0.931 bits per heavy atom. The molecule has 0 heterocycles. The fourth-order valence-electron chi connectivity index (χ4n) is 3.75. The van der Waals surface area contributed by atoms with Gasteiger partial charge in [-0.15, -0.1) is 0 Å². The molecule has 2 aromatic carbocycles. The summed E-state index contributed by atoms with van der Waals surface area (Å²) in [6.45, 7) is 1.35. The van der Waals surface area contributed by atoms with Gasteiger partial charge in [0.05, 0.1) is 28.4 Å². The van der Waals surface area contributed by atoms with Gasteiger partial charge in [0.15, 0.2) is 17.2 Å². The van der Waals surface area contributed by atoms with Crippen molar-refractivity contribution in [2.75, 3.05) is 28.4 Å². The molecule has 7 nitrogen and oxygen atoms in total. The summed E-state index contributed by atoms with van der Waals surface area (Å²) < 4.78 is 27.5. The van der Waals surface area contributed by atoms with Crippen molar-refractivity contribution in [3.05, 3.63) is 45.6 Å². The molecule has 1 aliphatic carbocycles. The van der Waals surface area contributed by atoms with Crippen molar-refractivity contribution in [1.82, 2.24) is 0 Å². The van der Waals surface area contributed by atoms with Gasteiger partial charge >= 0.3 is 5.97 Å². The second kappa shape index (κ2) is 8.43. The van der Waals surface area contributed by atoms with Crippen LogP contribution in [0.5, 0.6) is 23.0 Å². The predicted octanol–water partition coefficient (Wildman–Crippen LogP) is 3.30. The number of hydrogen-bond acceptors (Lipinski definition) is 7. The minimum Gasteiger partial charge on any atom is -0.493 e. The van der Waals surface area contributed by atoms with E-state index in [2.05, 4.69) is 0 Å². The SMILES string of the molecule is COc1cc2c(c(OC)c1OC)-c1ccc(OC)c(=O)cc1C(OC(C)=O)CC2. The van der Waals surface area contributed by atoms with Crippen molar-refractivity contribution >= 4 is 5.97 Å². The van der Waals surface area contributed by atoms with Gasteiger partial charge in [-0.05, 0) is 48.2 Å². The largest absolute Gasteiger partial charge is 0.493 e. The number of rotatable bonds is 5. The molecule has 7 heteroatoms. The van der Waals surface area contributed by atoms with E-state index in [-0.39, 0.29) is 11.2 Å². The van der Waals surface area contributed by atoms with Gasteiger partial charge in [0.1, 0.15) is 6.10 Å². The lowest BCUT2D eigenvalue weighted by molar-refractivity contribution is -0.147. The summed E-state index contributed by atoms with van der Waals surface area (Å²) in [5.74, 6) is 1.26. The topological polar surface area (TPSA) is 80.3 Å². The fourth-order valence-corrected chi connectivity index (χ4v) is 3.75. The Morgan fingerprint density at radius 3 is 2.21 bits per heavy atom. The smallest absolute Gasteiger partial charge is 0.303 e. The van der Waals surface area contributed by atoms with E-state index in [1.54, 1.807) is 26.4 Å². The number of benzene rings is 1. The molecule has 2 aromatic rings. The Balaban J connectivity index is 2.41. The Morgan fingerprint density at radius 2 is 1.62 bits per heavy atom. The van der Waals surface area contributed by atoms with Gasteiger partial charge in [0.25, 0.3) is 0 Å². The standard InChI is InChI=1S/C22H24O7/c1-12(23)29-17-8-6-13-10-19(26-3)21(27-4)22(28-5)20(13)14-7-9-18(25-2)16(24)11-15(14)17/h7,9-11,17H,6,8H2,1-5H3. The first-order chi connectivity index (χ1) is 13.9. The van der Waals surface area contributed by atoms with E-state index >= 15 is 0 Å². The van der Waals surface area contributed by atoms with Gasteiger partial charge in [-0.25, -0.2) is 0 Å². The number of hydrogen-bond donors (Lipinski definition) is 0. The lowest BCUT2D eigenvalue weighted by Crippen LogP contribution is -2.10. The number of methoxy groups -OCH3 is 4. The van der Waals surface area contributed by atoms with Gasteiger partial charge in [-0.3, -0.25) is 9.59 Å². The van der Waals surface area contributed by atoms with Crippen LogP contribution in [0.15, 0.2) is 29.1 Å². The first kappa shape index (κ1) is 20.5. The van der Waals surface area contributed by atoms with Crippen LogP contribution in [0.3, 0.4) is 0 Å². The highest BCUT2D eigenvalue weighted by Gasteiger charge is 2.30. The molecule has 1 unspecified atom stereocenters. The van der Waals surface area contributed by atoms with Crippen LogP contribution in [0, 0.1) is 0 Å². The van der Waals surface area contributed by atoms with Crippen molar-refractivity contribution in [3.63, 3.8) is 0 Å². The van der Waals surface area contributed by atoms with Crippen LogP contribution in [0.2, 0.25) is 0 Å². The first-order valence-electron chi connectivity index (χ1n) is 9.16. The van der Waals surface area contributed by atoms with Crippen molar-refractivity contribution in [2.45, 2.75) is 25.9 Å². The number of esters is 1. The summed E-state index contributed by atoms with van der Waals surface area (Å²) >= 11 is 0. The highest BCUT2D eigenvalue weighted by atomic mass is 16.5. The number of carbonyl (C=O) groups is 1. The molecule has 3 rings (SSSR count). The molecule has 0 aromatic heterocycles. The highest BCUT2D eigenvalue weighted by molar-refractivity contribution is 5.82. The van der Waals surface area contributed by atoms with Gasteiger partial charge in [-0.2, -0.15) is 0 Å². The van der Waals surface area contributed by atoms with E-state index in [9.17, 15) is 9.59 Å². The van der Waals surface area contributed by atoms with Gasteiger partial charge in [0.2, 0.25) is 11.2 Å². The maximum atomic E-state index is 12.6. The molecule has 0 saturated carbocycles. The molecule has 1 aliphatic rings. The van der Waals surface area contributed by atoms with Crippen LogP contribution in [0.4, 0.5) is 0 Å². The van der Waals surface area contributed by atoms with E-state index in [0.717, 1.165) is 11.1 Å². The quantitative estimate of drug-likeness (QED) is 0.713. The molecule has 0 amide bonds. The monoisotopic (exact) mass is 400 g/mol. The maximum absolute atomic E-state index is 12.6. The van der Waals surface area contributed by atoms with E-state index in [4.69, 9.17) is 23.7 Å². The second-order valence-electron chi connectivity index (χ2n) is 6.60. The van der Waals surface area contributed by atoms with Crippen molar-refractivity contribution in [2.24, 2.45) is 0 Å². The maximum Gasteiger partial charge on any atom is 0.303 e. The Bertz CT molecular complexity index is 997. The molecular weight excluding hydrogens is 376 g/mol. The summed E-state index contributed by atoms with van der Waals surface area (Å²) in [5.41, 5.74) is 2.72. The van der Waals surface area contributed by atoms with Crippen molar-refractivity contribution < 1.29 is 28.5 Å². The zero-order chi connectivity index (χ0) is 21.1. The van der Waals surface area contributed by atoms with E-state index in [1.165, 1.54) is 27.2 Å². The van der Waals surface area contributed by atoms with Gasteiger partial charge in [-0.1, -0.05) is 0 Å². The van der Waals surface area contributed by atoms with E-state index < -0.39 is 12.1 Å². The first-order valence-corrected chi connectivity index (χ1v) is 9.16. The van der Waals surface area contributed by atoms with E-state index in [0.29, 0.717) is 41.2 Å². The average Bonchev–Trinajstić information content (AvgIpc) is 2.95. The number of carbonyl (C=O) groups excluding carboxylic acids is 1. The molecule has 29 heavy (non-hydrogen) atoms. The Labute approximate surface area is 169 Å². The van der Waals surface area contributed by atoms with Crippen LogP contribution in [-0.4, -0.2) is 34.4 Å². The molecular formula is C22H24O7. The Hall–Kier alpha value is -3.22. The lowest BCUT2D eigenvalue weighted by Gasteiger charge is -2.19. The van der Waals surface area contributed by atoms with Crippen LogP contribution in [-0.2, 0) is 16.0 Å². The second-order valence-corrected chi connectivity index (χ2v) is 6.60. The van der Waals surface area contributed by atoms with Gasteiger partial charge in [0, 0.05) is 18.1 Å². The number of aryl methyl sites for hydroxylation is 1. The predicted molar refractivity (Wildman–Crippen MR) is 107 cm³/mol. The molecule has 0 saturated heterocycles. The van der Waals surface area contributed by atoms with Crippen LogP contribution in [0.1, 0.15) is 30.6 Å². The normalized spacial score (nSPS) is 14.7. The summed E-state index contributed by atoms with van der Waals surface area (Å²) in [6.07, 6.45) is 0.513. The minimum absolute atomic E-state index is 0.195. The van der Waals surface area contributed by atoms with Gasteiger partial charge < -0.3 is 23.7 Å². The molecule has 154 valence electrons. The van der Waals surface area contributed by atoms with Crippen molar-refractivity contribution in [1.29, 1.82) is 0 Å². The van der Waals surface area contributed by atoms with Crippen LogP contribution in [0.25, 0.3) is 11.1 Å². The van der Waals surface area contributed by atoms with Crippen LogP contribution < -0.4 is 24.4 Å². The third kappa shape index (κ3) is 3.72. The summed E-state index contributed by atoms with van der Waals surface area (Å²) in [4.78, 5) is 24.3. The highest BCUT2D eigenvalue weighted by Crippen LogP contribution is 2.50. The molecule has 0 N–H and O–H groups in total. The van der Waals surface area contributed by atoms with Crippen LogP contribution >= 0.6 is 0 Å². The minimum atomic E-state index is -0.582. The molecule has 0 spiro atoms. The lowest BCUT2D eigenvalue weighted by atomic mass is 9.96. The summed E-state index contributed by atoms with van der Waals surface area (Å²) in [6, 6.07) is 6.74. The summed E-state index contributed by atoms with van der Waals surface area (Å²) in [7, 11) is 6.09. The third-order valence-corrected chi connectivity index (χ3v) is 4.97. The fraction of sp³-hybridized carbons (Fsp3) is 0.364. The Kier molecular flexibility index (Phi) is 5.96. The molecule has 0 radical (unpaired) electrons. The molecule has 0 bridgehead atoms. The van der Waals surface area contributed by atoms with Crippen molar-refractivity contribution in [3.8, 4) is 34.1 Å². The zero-order valence-electron chi connectivity index (χ0n) is 17.2. The number of fused-ring (bicyclic) bond motifs is 3. The number of ether oxygens (including phenoxy) is 5. The average molecular weight is 400 g/mol. The molecule has 0 aliphatic heterocycles. The molecule has 0 fully saturated rings.